The zero-order valence-corrected chi connectivity index (χ0v) is 21.1. The number of hydrogen-bond donors (Lipinski definition) is 0. The summed E-state index contributed by atoms with van der Waals surface area (Å²) in [5.41, 5.74) is -0.726. The van der Waals surface area contributed by atoms with Crippen LogP contribution in [0.5, 0.6) is 0 Å². The molecule has 0 saturated heterocycles. The van der Waals surface area contributed by atoms with E-state index in [1.165, 1.54) is 36.4 Å². The fraction of sp³-hybridized carbons (Fsp3) is 0.267. The Balaban J connectivity index is 1.77. The Morgan fingerprint density at radius 2 is 1.70 bits per heavy atom. The van der Waals surface area contributed by atoms with E-state index in [0.717, 1.165) is 22.1 Å². The van der Waals surface area contributed by atoms with Crippen molar-refractivity contribution in [2.24, 2.45) is 5.41 Å². The zero-order chi connectivity index (χ0) is 33.3. The third kappa shape index (κ3) is 4.92. The van der Waals surface area contributed by atoms with Gasteiger partial charge >= 0.3 is 6.18 Å². The average molecular weight is 528 g/mol. The number of nitrogens with zero attached hydrogens (tertiary/aromatic N) is 3. The first-order chi connectivity index (χ1) is 20.6. The highest BCUT2D eigenvalue weighted by atomic mass is 32.1. The van der Waals surface area contributed by atoms with Crippen LogP contribution in [0.3, 0.4) is 0 Å². The van der Waals surface area contributed by atoms with Gasteiger partial charge in [-0.15, -0.1) is 11.3 Å². The summed E-state index contributed by atoms with van der Waals surface area (Å²) in [5, 5.41) is 1.57. The topological polar surface area (TPSA) is 30.7 Å². The summed E-state index contributed by atoms with van der Waals surface area (Å²) < 4.78 is 110. The highest BCUT2D eigenvalue weighted by molar-refractivity contribution is 7.17. The van der Waals surface area contributed by atoms with Crippen LogP contribution in [0.25, 0.3) is 38.4 Å². The van der Waals surface area contributed by atoms with Crippen LogP contribution in [0.4, 0.5) is 13.2 Å². The molecule has 0 radical (unpaired) electrons. The van der Waals surface area contributed by atoms with Gasteiger partial charge in [0.2, 0.25) is 5.82 Å². The van der Waals surface area contributed by atoms with Crippen molar-refractivity contribution in [2.75, 3.05) is 0 Å². The lowest BCUT2D eigenvalue weighted by Gasteiger charge is -2.19. The molecule has 3 aromatic heterocycles. The minimum absolute atomic E-state index is 0.000951. The van der Waals surface area contributed by atoms with E-state index in [-0.39, 0.29) is 55.1 Å². The summed E-state index contributed by atoms with van der Waals surface area (Å²) >= 11 is 1.01. The van der Waals surface area contributed by atoms with Gasteiger partial charge in [0, 0.05) is 33.8 Å². The van der Waals surface area contributed by atoms with Crippen molar-refractivity contribution in [3.8, 4) is 28.1 Å². The zero-order valence-electron chi connectivity index (χ0n) is 28.2. The van der Waals surface area contributed by atoms with Crippen molar-refractivity contribution >= 4 is 21.7 Å². The molecule has 2 aromatic carbocycles. The number of aromatic nitrogens is 3. The Labute approximate surface area is 229 Å². The molecule has 37 heavy (non-hydrogen) atoms. The fourth-order valence-corrected chi connectivity index (χ4v) is 5.19. The lowest BCUT2D eigenvalue weighted by atomic mass is 9.86. The van der Waals surface area contributed by atoms with Gasteiger partial charge in [-0.3, -0.25) is 9.55 Å². The molecule has 0 unspecified atom stereocenters. The highest BCUT2D eigenvalue weighted by Gasteiger charge is 2.39. The molecule has 3 heterocycles. The molecule has 0 amide bonds. The second kappa shape index (κ2) is 9.14. The lowest BCUT2D eigenvalue weighted by Crippen LogP contribution is -2.13. The van der Waals surface area contributed by atoms with Crippen molar-refractivity contribution in [3.05, 3.63) is 88.7 Å². The second-order valence-electron chi connectivity index (χ2n) is 9.66. The molecule has 7 heteroatoms. The molecule has 0 aliphatic rings. The monoisotopic (exact) mass is 527 g/mol. The maximum absolute atomic E-state index is 14.2. The second-order valence-corrected chi connectivity index (χ2v) is 10.5. The summed E-state index contributed by atoms with van der Waals surface area (Å²) in [4.78, 5) is 8.45. The molecule has 0 aliphatic heterocycles. The number of imidazole rings is 1. The van der Waals surface area contributed by atoms with Gasteiger partial charge in [-0.05, 0) is 71.5 Å². The molecule has 5 rings (SSSR count). The Bertz CT molecular complexity index is 1880. The predicted molar refractivity (Wildman–Crippen MR) is 145 cm³/mol. The van der Waals surface area contributed by atoms with Crippen LogP contribution >= 0.6 is 11.3 Å². The average Bonchev–Trinajstić information content (AvgIpc) is 3.51. The molecule has 0 atom stereocenters. The van der Waals surface area contributed by atoms with Crippen LogP contribution in [0.1, 0.15) is 54.3 Å². The first-order valence-corrected chi connectivity index (χ1v) is 12.3. The van der Waals surface area contributed by atoms with E-state index < -0.39 is 37.5 Å². The maximum Gasteiger partial charge on any atom is 0.450 e. The van der Waals surface area contributed by atoms with Crippen molar-refractivity contribution in [1.82, 2.24) is 14.5 Å². The molecule has 0 aliphatic carbocycles. The molecule has 3 nitrogen and oxygen atoms in total. The standard InChI is InChI=1S/C30H28F3N3S/c1-18-13-20(15-29(3,4)5)11-12-22(18)23-14-25(34-16-19(23)2)24-17-37-27-26(24)35-28(30(31,32)33)36(27)21-9-7-6-8-10-21/h6-14,16-17H,15H2,1-5H3/i1D3,2D3,15D2. The minimum Gasteiger partial charge on any atom is -0.280 e. The number of rotatable bonds is 4. The Morgan fingerprint density at radius 1 is 0.946 bits per heavy atom. The summed E-state index contributed by atoms with van der Waals surface area (Å²) in [6, 6.07) is 13.3. The van der Waals surface area contributed by atoms with Gasteiger partial charge in [-0.2, -0.15) is 13.2 Å². The number of fused-ring (bicyclic) bond motifs is 1. The number of thiophene rings is 1. The van der Waals surface area contributed by atoms with Crippen LogP contribution in [0.2, 0.25) is 0 Å². The summed E-state index contributed by atoms with van der Waals surface area (Å²) in [6.07, 6.45) is -5.65. The molecule has 5 aromatic rings. The van der Waals surface area contributed by atoms with Crippen molar-refractivity contribution < 1.29 is 24.1 Å². The molecule has 0 N–H and O–H groups in total. The number of halogens is 3. The third-order valence-corrected chi connectivity index (χ3v) is 6.61. The van der Waals surface area contributed by atoms with Gasteiger partial charge in [0.25, 0.3) is 0 Å². The van der Waals surface area contributed by atoms with E-state index in [9.17, 15) is 13.2 Å². The summed E-state index contributed by atoms with van der Waals surface area (Å²) in [7, 11) is 0. The van der Waals surface area contributed by atoms with Gasteiger partial charge in [0.15, 0.2) is 0 Å². The van der Waals surface area contributed by atoms with Gasteiger partial charge in [-0.25, -0.2) is 4.98 Å². The Hall–Kier alpha value is -3.45. The number of aryl methyl sites for hydroxylation is 2. The fourth-order valence-electron chi connectivity index (χ4n) is 4.16. The van der Waals surface area contributed by atoms with E-state index >= 15 is 0 Å². The maximum atomic E-state index is 14.2. The van der Waals surface area contributed by atoms with Gasteiger partial charge < -0.3 is 0 Å². The number of pyridine rings is 1. The van der Waals surface area contributed by atoms with Gasteiger partial charge in [0.1, 0.15) is 10.3 Å². The molecule has 0 spiro atoms. The summed E-state index contributed by atoms with van der Waals surface area (Å²) in [5.74, 6) is -1.13. The van der Waals surface area contributed by atoms with Crippen molar-refractivity contribution in [2.45, 2.75) is 47.0 Å². The number of para-hydroxylation sites is 1. The molecule has 190 valence electrons. The quantitative estimate of drug-likeness (QED) is 0.233. The number of alkyl halides is 3. The summed E-state index contributed by atoms with van der Waals surface area (Å²) in [6.45, 7) is -0.442. The first-order valence-electron chi connectivity index (χ1n) is 15.4. The van der Waals surface area contributed by atoms with Crippen molar-refractivity contribution in [3.63, 3.8) is 0 Å². The van der Waals surface area contributed by atoms with Crippen LogP contribution in [-0.4, -0.2) is 14.5 Å². The van der Waals surface area contributed by atoms with Crippen molar-refractivity contribution in [1.29, 1.82) is 0 Å². The van der Waals surface area contributed by atoms with E-state index in [4.69, 9.17) is 11.0 Å². The van der Waals surface area contributed by atoms with Crippen LogP contribution in [0.15, 0.2) is 66.2 Å². The number of benzene rings is 2. The highest BCUT2D eigenvalue weighted by Crippen LogP contribution is 2.41. The largest absolute Gasteiger partial charge is 0.450 e. The van der Waals surface area contributed by atoms with E-state index in [1.54, 1.807) is 44.4 Å². The minimum atomic E-state index is -4.79. The molecule has 0 saturated carbocycles. The first kappa shape index (κ1) is 17.1. The van der Waals surface area contributed by atoms with Crippen LogP contribution in [0, 0.1) is 19.1 Å². The van der Waals surface area contributed by atoms with Gasteiger partial charge in [-0.1, -0.05) is 57.2 Å². The van der Waals surface area contributed by atoms with Gasteiger partial charge in [0.05, 0.1) is 5.69 Å². The lowest BCUT2D eigenvalue weighted by molar-refractivity contribution is -0.145. The smallest absolute Gasteiger partial charge is 0.280 e. The molecule has 0 fully saturated rings. The van der Waals surface area contributed by atoms with Crippen LogP contribution in [-0.2, 0) is 12.5 Å². The normalized spacial score (nSPS) is 16.7. The predicted octanol–water partition coefficient (Wildman–Crippen LogP) is 9.04. The molecular formula is C30H28F3N3S. The Kier molecular flexibility index (Phi) is 4.23. The third-order valence-electron chi connectivity index (χ3n) is 5.66. The van der Waals surface area contributed by atoms with E-state index in [2.05, 4.69) is 9.97 Å². The Morgan fingerprint density at radius 3 is 2.38 bits per heavy atom. The SMILES string of the molecule is [2H]C([2H])([2H])c1cnc(-c2csc3c2nc(C(F)(F)F)n3-c2ccccc2)cc1-c1ccc(C([2H])([2H])C(C)(C)C)cc1C([2H])([2H])[2H]. The molecular weight excluding hydrogens is 491 g/mol. The van der Waals surface area contributed by atoms with Crippen LogP contribution < -0.4 is 0 Å². The van der Waals surface area contributed by atoms with E-state index in [1.807, 2.05) is 0 Å². The molecule has 0 bridgehead atoms. The van der Waals surface area contributed by atoms with E-state index in [0.29, 0.717) is 0 Å². The number of hydrogen-bond acceptors (Lipinski definition) is 3.